The minimum atomic E-state index is -0.925. The number of aryl methyl sites for hydroxylation is 1. The fourth-order valence-corrected chi connectivity index (χ4v) is 1.65. The van der Waals surface area contributed by atoms with Crippen LogP contribution in [0.25, 0.3) is 11.1 Å². The van der Waals surface area contributed by atoms with Gasteiger partial charge in [0.2, 0.25) is 0 Å². The summed E-state index contributed by atoms with van der Waals surface area (Å²) in [5.74, 6) is -0.684. The van der Waals surface area contributed by atoms with Crippen molar-refractivity contribution in [1.29, 1.82) is 0 Å². The summed E-state index contributed by atoms with van der Waals surface area (Å²) >= 11 is 0. The number of aliphatic carboxylic acids is 1. The summed E-state index contributed by atoms with van der Waals surface area (Å²) in [6.45, 7) is 3.38. The third-order valence-corrected chi connectivity index (χ3v) is 2.89. The maximum Gasteiger partial charge on any atom is 0.328 e. The van der Waals surface area contributed by atoms with Crippen LogP contribution in [0.3, 0.4) is 0 Å². The number of phenols is 1. The van der Waals surface area contributed by atoms with E-state index in [1.54, 1.807) is 31.5 Å². The van der Waals surface area contributed by atoms with Crippen molar-refractivity contribution in [3.8, 4) is 16.9 Å². The first-order valence-electron chi connectivity index (χ1n) is 5.56. The van der Waals surface area contributed by atoms with Gasteiger partial charge >= 0.3 is 5.97 Å². The molecule has 94 valence electrons. The highest BCUT2D eigenvalue weighted by molar-refractivity contribution is 5.71. The van der Waals surface area contributed by atoms with Gasteiger partial charge in [0.25, 0.3) is 0 Å². The maximum absolute atomic E-state index is 10.9. The minimum Gasteiger partial charge on any atom is -0.508 e. The molecule has 0 aliphatic rings. The summed E-state index contributed by atoms with van der Waals surface area (Å²) in [5, 5.41) is 22.4. The predicted octanol–water partition coefficient (Wildman–Crippen LogP) is 2.21. The van der Waals surface area contributed by atoms with Gasteiger partial charge in [0.1, 0.15) is 11.8 Å². The van der Waals surface area contributed by atoms with Crippen molar-refractivity contribution in [3.05, 3.63) is 36.2 Å². The third-order valence-electron chi connectivity index (χ3n) is 2.89. The lowest BCUT2D eigenvalue weighted by molar-refractivity contribution is -0.140. The molecule has 0 amide bonds. The maximum atomic E-state index is 10.9. The number of benzene rings is 1. The van der Waals surface area contributed by atoms with E-state index in [0.29, 0.717) is 0 Å². The van der Waals surface area contributed by atoms with Crippen LogP contribution >= 0.6 is 0 Å². The average Bonchev–Trinajstić information content (AvgIpc) is 2.81. The average molecular weight is 246 g/mol. The summed E-state index contributed by atoms with van der Waals surface area (Å²) in [6, 6.07) is 4.52. The monoisotopic (exact) mass is 246 g/mol. The number of aromatic nitrogens is 2. The van der Waals surface area contributed by atoms with E-state index in [-0.39, 0.29) is 5.75 Å². The molecule has 1 unspecified atom stereocenters. The first-order chi connectivity index (χ1) is 8.49. The van der Waals surface area contributed by atoms with Gasteiger partial charge in [-0.2, -0.15) is 5.10 Å². The first kappa shape index (κ1) is 12.2. The van der Waals surface area contributed by atoms with Gasteiger partial charge in [-0.25, -0.2) is 4.79 Å². The number of rotatable bonds is 3. The number of carboxylic acids is 1. The zero-order chi connectivity index (χ0) is 13.3. The molecule has 0 fully saturated rings. The van der Waals surface area contributed by atoms with Crippen molar-refractivity contribution in [2.45, 2.75) is 19.9 Å². The van der Waals surface area contributed by atoms with E-state index in [9.17, 15) is 9.90 Å². The predicted molar refractivity (Wildman–Crippen MR) is 66.4 cm³/mol. The van der Waals surface area contributed by atoms with Crippen molar-refractivity contribution in [1.82, 2.24) is 9.78 Å². The number of hydrogen-bond donors (Lipinski definition) is 2. The van der Waals surface area contributed by atoms with Crippen LogP contribution in [0.15, 0.2) is 30.6 Å². The normalized spacial score (nSPS) is 12.3. The summed E-state index contributed by atoms with van der Waals surface area (Å²) in [4.78, 5) is 10.9. The van der Waals surface area contributed by atoms with Crippen LogP contribution in [-0.4, -0.2) is 26.0 Å². The quantitative estimate of drug-likeness (QED) is 0.870. The van der Waals surface area contributed by atoms with Gasteiger partial charge in [-0.1, -0.05) is 6.07 Å². The minimum absolute atomic E-state index is 0.241. The van der Waals surface area contributed by atoms with E-state index in [2.05, 4.69) is 5.10 Å². The zero-order valence-corrected chi connectivity index (χ0v) is 10.2. The molecule has 1 aromatic carbocycles. The van der Waals surface area contributed by atoms with Gasteiger partial charge in [-0.3, -0.25) is 4.68 Å². The van der Waals surface area contributed by atoms with Crippen molar-refractivity contribution in [3.63, 3.8) is 0 Å². The molecule has 2 rings (SSSR count). The molecule has 2 N–H and O–H groups in total. The Morgan fingerprint density at radius 2 is 2.11 bits per heavy atom. The summed E-state index contributed by atoms with van der Waals surface area (Å²) in [7, 11) is 0. The number of carboxylic acid groups (broad SMARTS) is 1. The zero-order valence-electron chi connectivity index (χ0n) is 10.2. The van der Waals surface area contributed by atoms with E-state index in [4.69, 9.17) is 5.11 Å². The van der Waals surface area contributed by atoms with E-state index in [1.807, 2.05) is 13.0 Å². The van der Waals surface area contributed by atoms with Gasteiger partial charge in [0, 0.05) is 11.8 Å². The van der Waals surface area contributed by atoms with Crippen LogP contribution in [0, 0.1) is 6.92 Å². The van der Waals surface area contributed by atoms with Crippen molar-refractivity contribution < 1.29 is 15.0 Å². The second kappa shape index (κ2) is 4.52. The van der Waals surface area contributed by atoms with Gasteiger partial charge in [-0.05, 0) is 37.1 Å². The molecular formula is C13H14N2O3. The van der Waals surface area contributed by atoms with Gasteiger partial charge in [0.05, 0.1) is 6.20 Å². The molecule has 0 spiro atoms. The van der Waals surface area contributed by atoms with Crippen molar-refractivity contribution >= 4 is 5.97 Å². The smallest absolute Gasteiger partial charge is 0.328 e. The Balaban J connectivity index is 2.35. The fraction of sp³-hybridized carbons (Fsp3) is 0.231. The number of carbonyl (C=O) groups is 1. The number of phenolic OH excluding ortho intramolecular Hbond substituents is 1. The Morgan fingerprint density at radius 3 is 2.72 bits per heavy atom. The molecule has 0 aliphatic heterocycles. The van der Waals surface area contributed by atoms with Gasteiger partial charge in [-0.15, -0.1) is 0 Å². The van der Waals surface area contributed by atoms with Crippen LogP contribution in [0.2, 0.25) is 0 Å². The van der Waals surface area contributed by atoms with Crippen LogP contribution in [0.1, 0.15) is 18.5 Å². The topological polar surface area (TPSA) is 75.4 Å². The highest BCUT2D eigenvalue weighted by atomic mass is 16.4. The largest absolute Gasteiger partial charge is 0.508 e. The molecule has 2 aromatic rings. The Morgan fingerprint density at radius 1 is 1.39 bits per heavy atom. The standard InChI is InChI=1S/C13H14N2O3/c1-8-5-10(3-4-12(8)16)11-6-14-15(7-11)9(2)13(17)18/h3-7,9,16H,1-2H3,(H,17,18). The van der Waals surface area contributed by atoms with Gasteiger partial charge < -0.3 is 10.2 Å². The lowest BCUT2D eigenvalue weighted by atomic mass is 10.1. The molecule has 1 aromatic heterocycles. The Hall–Kier alpha value is -2.30. The number of aromatic hydroxyl groups is 1. The fourth-order valence-electron chi connectivity index (χ4n) is 1.65. The van der Waals surface area contributed by atoms with Crippen molar-refractivity contribution in [2.24, 2.45) is 0 Å². The molecule has 1 heterocycles. The molecule has 18 heavy (non-hydrogen) atoms. The summed E-state index contributed by atoms with van der Waals surface area (Å²) in [6.07, 6.45) is 3.30. The van der Waals surface area contributed by atoms with Crippen LogP contribution < -0.4 is 0 Å². The third kappa shape index (κ3) is 2.20. The Kier molecular flexibility index (Phi) is 3.06. The first-order valence-corrected chi connectivity index (χ1v) is 5.56. The highest BCUT2D eigenvalue weighted by Gasteiger charge is 2.14. The van der Waals surface area contributed by atoms with E-state index in [0.717, 1.165) is 16.7 Å². The van der Waals surface area contributed by atoms with Crippen LogP contribution in [0.4, 0.5) is 0 Å². The summed E-state index contributed by atoms with van der Waals surface area (Å²) in [5.41, 5.74) is 2.49. The van der Waals surface area contributed by atoms with E-state index < -0.39 is 12.0 Å². The van der Waals surface area contributed by atoms with Gasteiger partial charge in [0.15, 0.2) is 0 Å². The summed E-state index contributed by atoms with van der Waals surface area (Å²) < 4.78 is 1.40. The number of hydrogen-bond acceptors (Lipinski definition) is 3. The molecule has 0 saturated carbocycles. The second-order valence-corrected chi connectivity index (χ2v) is 4.22. The SMILES string of the molecule is Cc1cc(-c2cnn(C(C)C(=O)O)c2)ccc1O. The molecule has 0 radical (unpaired) electrons. The molecule has 0 aliphatic carbocycles. The molecule has 0 saturated heterocycles. The van der Waals surface area contributed by atoms with Crippen LogP contribution in [-0.2, 0) is 4.79 Å². The molecule has 0 bridgehead atoms. The highest BCUT2D eigenvalue weighted by Crippen LogP contribution is 2.25. The second-order valence-electron chi connectivity index (χ2n) is 4.22. The molecular weight excluding hydrogens is 232 g/mol. The lowest BCUT2D eigenvalue weighted by Crippen LogP contribution is -2.15. The number of nitrogens with zero attached hydrogens (tertiary/aromatic N) is 2. The lowest BCUT2D eigenvalue weighted by Gasteiger charge is -2.05. The molecule has 5 nitrogen and oxygen atoms in total. The Bertz CT molecular complexity index is 590. The van der Waals surface area contributed by atoms with Crippen molar-refractivity contribution in [2.75, 3.05) is 0 Å². The van der Waals surface area contributed by atoms with E-state index in [1.165, 1.54) is 4.68 Å². The molecule has 1 atom stereocenters. The van der Waals surface area contributed by atoms with Crippen LogP contribution in [0.5, 0.6) is 5.75 Å². The Labute approximate surface area is 104 Å². The van der Waals surface area contributed by atoms with E-state index >= 15 is 0 Å². The molecule has 5 heteroatoms.